The monoisotopic (exact) mass is 243 g/mol. The number of H-pyrrole nitrogens is 1. The number of aliphatic carboxylic acids is 1. The maximum atomic E-state index is 11.8. The van der Waals surface area contributed by atoms with E-state index >= 15 is 0 Å². The zero-order valence-electron chi connectivity index (χ0n) is 10.2. The smallest absolute Gasteiger partial charge is 0.328 e. The highest BCUT2D eigenvalue weighted by atomic mass is 16.4. The molecule has 2 N–H and O–H groups in total. The minimum atomic E-state index is -1.07. The molecule has 2 aromatic rings. The van der Waals surface area contributed by atoms with Crippen LogP contribution in [0.25, 0.3) is 17.0 Å². The molecule has 0 bridgehead atoms. The molecule has 0 aliphatic carbocycles. The highest BCUT2D eigenvalue weighted by Crippen LogP contribution is 2.18. The Morgan fingerprint density at radius 1 is 1.28 bits per heavy atom. The molecule has 18 heavy (non-hydrogen) atoms. The number of fused-ring (bicyclic) bond motifs is 1. The Bertz CT molecular complexity index is 711. The Labute approximate surface area is 104 Å². The van der Waals surface area contributed by atoms with Gasteiger partial charge >= 0.3 is 5.97 Å². The van der Waals surface area contributed by atoms with Gasteiger partial charge in [-0.25, -0.2) is 4.79 Å². The van der Waals surface area contributed by atoms with E-state index in [1.807, 2.05) is 26.0 Å². The Balaban J connectivity index is 2.68. The van der Waals surface area contributed by atoms with Gasteiger partial charge in [0.25, 0.3) is 5.56 Å². The zero-order chi connectivity index (χ0) is 13.3. The fraction of sp³-hybridized carbons (Fsp3) is 0.143. The van der Waals surface area contributed by atoms with E-state index in [2.05, 4.69) is 4.98 Å². The molecule has 92 valence electrons. The van der Waals surface area contributed by atoms with Gasteiger partial charge < -0.3 is 10.1 Å². The number of aromatic amines is 1. The molecule has 1 heterocycles. The first-order chi connectivity index (χ1) is 8.47. The summed E-state index contributed by atoms with van der Waals surface area (Å²) in [6.45, 7) is 3.92. The summed E-state index contributed by atoms with van der Waals surface area (Å²) in [6, 6.07) is 5.63. The summed E-state index contributed by atoms with van der Waals surface area (Å²) >= 11 is 0. The SMILES string of the molecule is Cc1cc(C)c2cc(/C=C/C(=O)O)c(=O)[nH]c2c1. The molecule has 4 nitrogen and oxygen atoms in total. The summed E-state index contributed by atoms with van der Waals surface area (Å²) in [4.78, 5) is 25.0. The van der Waals surface area contributed by atoms with Crippen LogP contribution in [0.2, 0.25) is 0 Å². The van der Waals surface area contributed by atoms with Crippen molar-refractivity contribution in [2.45, 2.75) is 13.8 Å². The third-order valence-corrected chi connectivity index (χ3v) is 2.75. The maximum Gasteiger partial charge on any atom is 0.328 e. The standard InChI is InChI=1S/C14H13NO3/c1-8-5-9(2)11-7-10(3-4-13(16)17)14(18)15-12(11)6-8/h3-7H,1-2H3,(H,15,18)(H,16,17)/b4-3+. The zero-order valence-corrected chi connectivity index (χ0v) is 10.2. The van der Waals surface area contributed by atoms with E-state index in [0.717, 1.165) is 28.1 Å². The molecule has 0 aliphatic rings. The minimum Gasteiger partial charge on any atom is -0.478 e. The van der Waals surface area contributed by atoms with Gasteiger partial charge in [0.15, 0.2) is 0 Å². The Morgan fingerprint density at radius 3 is 2.67 bits per heavy atom. The fourth-order valence-corrected chi connectivity index (χ4v) is 1.97. The molecule has 0 saturated carbocycles. The van der Waals surface area contributed by atoms with Gasteiger partial charge in [-0.3, -0.25) is 4.79 Å². The van der Waals surface area contributed by atoms with Crippen LogP contribution in [-0.2, 0) is 4.79 Å². The lowest BCUT2D eigenvalue weighted by Crippen LogP contribution is -2.09. The van der Waals surface area contributed by atoms with Crippen LogP contribution < -0.4 is 5.56 Å². The number of aryl methyl sites for hydroxylation is 2. The van der Waals surface area contributed by atoms with Crippen molar-refractivity contribution in [1.82, 2.24) is 4.98 Å². The van der Waals surface area contributed by atoms with E-state index < -0.39 is 5.97 Å². The Morgan fingerprint density at radius 2 is 2.00 bits per heavy atom. The van der Waals surface area contributed by atoms with Crippen LogP contribution in [0.5, 0.6) is 0 Å². The van der Waals surface area contributed by atoms with Crippen LogP contribution in [0.3, 0.4) is 0 Å². The van der Waals surface area contributed by atoms with Crippen LogP contribution in [0.1, 0.15) is 16.7 Å². The summed E-state index contributed by atoms with van der Waals surface area (Å²) in [7, 11) is 0. The fourth-order valence-electron chi connectivity index (χ4n) is 1.97. The normalized spacial score (nSPS) is 11.2. The van der Waals surface area contributed by atoms with Crippen molar-refractivity contribution >= 4 is 22.9 Å². The molecular weight excluding hydrogens is 230 g/mol. The average Bonchev–Trinajstić information content (AvgIpc) is 2.26. The van der Waals surface area contributed by atoms with Crippen molar-refractivity contribution in [2.24, 2.45) is 0 Å². The lowest BCUT2D eigenvalue weighted by atomic mass is 10.0. The summed E-state index contributed by atoms with van der Waals surface area (Å²) in [5.41, 5.74) is 2.95. The van der Waals surface area contributed by atoms with E-state index in [9.17, 15) is 9.59 Å². The molecular formula is C14H13NO3. The van der Waals surface area contributed by atoms with E-state index in [0.29, 0.717) is 5.56 Å². The average molecular weight is 243 g/mol. The molecule has 0 radical (unpaired) electrons. The molecule has 0 aliphatic heterocycles. The Hall–Kier alpha value is -2.36. The predicted octanol–water partition coefficient (Wildman–Crippen LogP) is 2.24. The first-order valence-electron chi connectivity index (χ1n) is 5.52. The first kappa shape index (κ1) is 12.1. The van der Waals surface area contributed by atoms with E-state index in [4.69, 9.17) is 5.11 Å². The predicted molar refractivity (Wildman–Crippen MR) is 70.7 cm³/mol. The molecule has 0 unspecified atom stereocenters. The summed E-state index contributed by atoms with van der Waals surface area (Å²) in [5, 5.41) is 9.49. The topological polar surface area (TPSA) is 70.2 Å². The second-order valence-electron chi connectivity index (χ2n) is 4.27. The number of pyridine rings is 1. The van der Waals surface area contributed by atoms with Crippen molar-refractivity contribution in [2.75, 3.05) is 0 Å². The highest BCUT2D eigenvalue weighted by molar-refractivity contribution is 5.88. The molecule has 1 aromatic heterocycles. The Kier molecular flexibility index (Phi) is 3.02. The third-order valence-electron chi connectivity index (χ3n) is 2.75. The van der Waals surface area contributed by atoms with Gasteiger partial charge in [0, 0.05) is 22.5 Å². The van der Waals surface area contributed by atoms with Gasteiger partial charge in [0.05, 0.1) is 0 Å². The van der Waals surface area contributed by atoms with Crippen LogP contribution in [0.4, 0.5) is 0 Å². The molecule has 4 heteroatoms. The van der Waals surface area contributed by atoms with Crippen molar-refractivity contribution in [1.29, 1.82) is 0 Å². The lowest BCUT2D eigenvalue weighted by Gasteiger charge is -2.05. The van der Waals surface area contributed by atoms with Crippen LogP contribution >= 0.6 is 0 Å². The van der Waals surface area contributed by atoms with Crippen molar-refractivity contribution in [3.05, 3.63) is 51.3 Å². The lowest BCUT2D eigenvalue weighted by molar-refractivity contribution is -0.131. The van der Waals surface area contributed by atoms with Crippen LogP contribution in [0, 0.1) is 13.8 Å². The number of rotatable bonds is 2. The molecule has 0 atom stereocenters. The number of hydrogen-bond donors (Lipinski definition) is 2. The number of benzene rings is 1. The summed E-state index contributed by atoms with van der Waals surface area (Å²) in [5.74, 6) is -1.07. The molecule has 1 aromatic carbocycles. The maximum absolute atomic E-state index is 11.8. The summed E-state index contributed by atoms with van der Waals surface area (Å²) in [6.07, 6.45) is 2.26. The van der Waals surface area contributed by atoms with Gasteiger partial charge in [-0.15, -0.1) is 0 Å². The quantitative estimate of drug-likeness (QED) is 0.795. The summed E-state index contributed by atoms with van der Waals surface area (Å²) < 4.78 is 0. The number of hydrogen-bond acceptors (Lipinski definition) is 2. The second kappa shape index (κ2) is 4.49. The van der Waals surface area contributed by atoms with Gasteiger partial charge in [0.1, 0.15) is 0 Å². The number of aromatic nitrogens is 1. The van der Waals surface area contributed by atoms with E-state index in [1.165, 1.54) is 6.08 Å². The van der Waals surface area contributed by atoms with Crippen LogP contribution in [0.15, 0.2) is 29.1 Å². The minimum absolute atomic E-state index is 0.287. The van der Waals surface area contributed by atoms with Crippen LogP contribution in [-0.4, -0.2) is 16.1 Å². The van der Waals surface area contributed by atoms with Gasteiger partial charge in [-0.05, 0) is 43.2 Å². The molecule has 0 saturated heterocycles. The second-order valence-corrected chi connectivity index (χ2v) is 4.27. The van der Waals surface area contributed by atoms with Gasteiger partial charge in [-0.1, -0.05) is 6.07 Å². The van der Waals surface area contributed by atoms with E-state index in [-0.39, 0.29) is 5.56 Å². The molecule has 0 amide bonds. The molecule has 0 spiro atoms. The number of carboxylic acids is 1. The largest absolute Gasteiger partial charge is 0.478 e. The van der Waals surface area contributed by atoms with Crippen molar-refractivity contribution in [3.8, 4) is 0 Å². The molecule has 0 fully saturated rings. The van der Waals surface area contributed by atoms with E-state index in [1.54, 1.807) is 6.07 Å². The molecule has 2 rings (SSSR count). The van der Waals surface area contributed by atoms with Crippen molar-refractivity contribution < 1.29 is 9.90 Å². The highest BCUT2D eigenvalue weighted by Gasteiger charge is 2.04. The third kappa shape index (κ3) is 2.32. The number of nitrogens with one attached hydrogen (secondary N) is 1. The number of carboxylic acid groups (broad SMARTS) is 1. The number of carbonyl (C=O) groups is 1. The van der Waals surface area contributed by atoms with Crippen molar-refractivity contribution in [3.63, 3.8) is 0 Å². The van der Waals surface area contributed by atoms with Gasteiger partial charge in [-0.2, -0.15) is 0 Å². The first-order valence-corrected chi connectivity index (χ1v) is 5.52. The van der Waals surface area contributed by atoms with Gasteiger partial charge in [0.2, 0.25) is 0 Å².